The van der Waals surface area contributed by atoms with Crippen LogP contribution in [0.15, 0.2) is 84.9 Å². The first-order chi connectivity index (χ1) is 16.1. The average molecular weight is 457 g/mol. The molecule has 164 valence electrons. The molecular weight excluding hydrogens is 436 g/mol. The number of hydrogen-bond acceptors (Lipinski definition) is 6. The highest BCUT2D eigenvalue weighted by Crippen LogP contribution is 2.28. The number of para-hydroxylation sites is 1. The molecule has 8 heteroatoms. The maximum atomic E-state index is 12.9. The average Bonchev–Trinajstić information content (AvgIpc) is 3.32. The molecule has 2 amide bonds. The van der Waals surface area contributed by atoms with Gasteiger partial charge in [0.25, 0.3) is 5.91 Å². The van der Waals surface area contributed by atoms with E-state index in [9.17, 15) is 9.59 Å². The summed E-state index contributed by atoms with van der Waals surface area (Å²) in [5.74, 6) is 0.0150. The lowest BCUT2D eigenvalue weighted by Gasteiger charge is -2.09. The van der Waals surface area contributed by atoms with Gasteiger partial charge in [0.15, 0.2) is 0 Å². The van der Waals surface area contributed by atoms with Gasteiger partial charge in [-0.2, -0.15) is 0 Å². The minimum Gasteiger partial charge on any atom is -0.497 e. The Hall–Kier alpha value is -4.30. The normalized spacial score (nSPS) is 10.7. The van der Waals surface area contributed by atoms with Crippen molar-refractivity contribution in [3.63, 3.8) is 0 Å². The van der Waals surface area contributed by atoms with Crippen molar-refractivity contribution in [3.05, 3.63) is 96.1 Å². The second kappa shape index (κ2) is 10.3. The van der Waals surface area contributed by atoms with E-state index >= 15 is 0 Å². The van der Waals surface area contributed by atoms with Crippen LogP contribution >= 0.6 is 11.3 Å². The fourth-order valence-corrected chi connectivity index (χ4v) is 3.73. The van der Waals surface area contributed by atoms with Gasteiger partial charge in [-0.3, -0.25) is 14.9 Å². The zero-order valence-electron chi connectivity index (χ0n) is 17.7. The Morgan fingerprint density at radius 3 is 2.36 bits per heavy atom. The first-order valence-corrected chi connectivity index (χ1v) is 10.9. The Morgan fingerprint density at radius 1 is 0.879 bits per heavy atom. The summed E-state index contributed by atoms with van der Waals surface area (Å²) >= 11 is 1.25. The lowest BCUT2D eigenvalue weighted by atomic mass is 10.1. The Kier molecular flexibility index (Phi) is 6.87. The van der Waals surface area contributed by atoms with E-state index in [1.54, 1.807) is 37.5 Å². The molecule has 33 heavy (non-hydrogen) atoms. The van der Waals surface area contributed by atoms with Gasteiger partial charge in [0.2, 0.25) is 11.0 Å². The van der Waals surface area contributed by atoms with E-state index in [-0.39, 0.29) is 5.91 Å². The van der Waals surface area contributed by atoms with Crippen LogP contribution in [0.3, 0.4) is 0 Å². The molecule has 3 aromatic carbocycles. The Balaban J connectivity index is 1.44. The minimum absolute atomic E-state index is 0.320. The zero-order valence-corrected chi connectivity index (χ0v) is 18.5. The summed E-state index contributed by atoms with van der Waals surface area (Å²) in [7, 11) is 1.60. The van der Waals surface area contributed by atoms with Crippen LogP contribution in [0.25, 0.3) is 16.6 Å². The van der Waals surface area contributed by atoms with E-state index in [0.29, 0.717) is 21.4 Å². The monoisotopic (exact) mass is 456 g/mol. The quantitative estimate of drug-likeness (QED) is 0.377. The molecule has 1 aromatic heterocycles. The Bertz CT molecular complexity index is 1280. The molecule has 0 aliphatic rings. The molecule has 0 aliphatic heterocycles. The van der Waals surface area contributed by atoms with E-state index in [1.807, 2.05) is 54.6 Å². The number of carbonyl (C=O) groups excluding carboxylic acids is 2. The van der Waals surface area contributed by atoms with Crippen LogP contribution in [0.5, 0.6) is 5.75 Å². The van der Waals surface area contributed by atoms with Crippen LogP contribution in [0.2, 0.25) is 0 Å². The van der Waals surface area contributed by atoms with E-state index < -0.39 is 5.91 Å². The molecule has 0 bridgehead atoms. The van der Waals surface area contributed by atoms with Crippen LogP contribution in [0.4, 0.5) is 10.8 Å². The van der Waals surface area contributed by atoms with Gasteiger partial charge < -0.3 is 10.1 Å². The van der Waals surface area contributed by atoms with E-state index in [0.717, 1.165) is 16.9 Å². The van der Waals surface area contributed by atoms with Crippen LogP contribution in [0.1, 0.15) is 15.9 Å². The predicted molar refractivity (Wildman–Crippen MR) is 130 cm³/mol. The summed E-state index contributed by atoms with van der Waals surface area (Å²) in [5, 5.41) is 14.7. The molecule has 0 aliphatic carbocycles. The van der Waals surface area contributed by atoms with Crippen LogP contribution in [-0.2, 0) is 4.79 Å². The lowest BCUT2D eigenvalue weighted by Crippen LogP contribution is -2.16. The number of anilines is 2. The molecule has 0 fully saturated rings. The summed E-state index contributed by atoms with van der Waals surface area (Å²) < 4.78 is 5.16. The first kappa shape index (κ1) is 21.9. The lowest BCUT2D eigenvalue weighted by molar-refractivity contribution is -0.111. The summed E-state index contributed by atoms with van der Waals surface area (Å²) in [6, 6.07) is 23.7. The molecule has 0 atom stereocenters. The third-order valence-corrected chi connectivity index (χ3v) is 5.53. The molecule has 7 nitrogen and oxygen atoms in total. The standard InChI is InChI=1S/C25H20N4O3S/c1-32-19-14-12-18(13-15-19)24-28-29-25(33-24)27-23(31)20-9-5-6-10-21(20)26-22(30)16-11-17-7-3-2-4-8-17/h2-16H,1H3,(H,26,30)(H,27,29,31)/b16-11+. The number of ether oxygens (including phenoxy) is 1. The molecule has 0 unspecified atom stereocenters. The summed E-state index contributed by atoms with van der Waals surface area (Å²) in [6.45, 7) is 0. The molecule has 1 heterocycles. The Morgan fingerprint density at radius 2 is 1.61 bits per heavy atom. The van der Waals surface area contributed by atoms with Gasteiger partial charge in [-0.25, -0.2) is 0 Å². The summed E-state index contributed by atoms with van der Waals surface area (Å²) in [5.41, 5.74) is 2.49. The van der Waals surface area contributed by atoms with Crippen molar-refractivity contribution in [1.82, 2.24) is 10.2 Å². The molecule has 4 rings (SSSR count). The number of carbonyl (C=O) groups is 2. The molecule has 0 saturated carbocycles. The van der Waals surface area contributed by atoms with E-state index in [4.69, 9.17) is 4.74 Å². The number of hydrogen-bond donors (Lipinski definition) is 2. The van der Waals surface area contributed by atoms with Crippen molar-refractivity contribution in [1.29, 1.82) is 0 Å². The number of nitrogens with one attached hydrogen (secondary N) is 2. The number of nitrogens with zero attached hydrogens (tertiary/aromatic N) is 2. The van der Waals surface area contributed by atoms with Gasteiger partial charge in [0.1, 0.15) is 10.8 Å². The molecule has 0 saturated heterocycles. The third kappa shape index (κ3) is 5.69. The number of rotatable bonds is 7. The number of benzene rings is 3. The van der Waals surface area contributed by atoms with Crippen LogP contribution < -0.4 is 15.4 Å². The molecule has 4 aromatic rings. The summed E-state index contributed by atoms with van der Waals surface area (Å²) in [6.07, 6.45) is 3.13. The van der Waals surface area contributed by atoms with Crippen molar-refractivity contribution in [3.8, 4) is 16.3 Å². The van der Waals surface area contributed by atoms with Crippen molar-refractivity contribution in [2.75, 3.05) is 17.7 Å². The first-order valence-electron chi connectivity index (χ1n) is 10.0. The van der Waals surface area contributed by atoms with Crippen molar-refractivity contribution in [2.24, 2.45) is 0 Å². The maximum Gasteiger partial charge on any atom is 0.259 e. The highest BCUT2D eigenvalue weighted by atomic mass is 32.1. The second-order valence-electron chi connectivity index (χ2n) is 6.87. The zero-order chi connectivity index (χ0) is 23.0. The maximum absolute atomic E-state index is 12.9. The number of aromatic nitrogens is 2. The van der Waals surface area contributed by atoms with Crippen molar-refractivity contribution >= 4 is 40.0 Å². The van der Waals surface area contributed by atoms with Gasteiger partial charge >= 0.3 is 0 Å². The number of methoxy groups -OCH3 is 1. The molecular formula is C25H20N4O3S. The van der Waals surface area contributed by atoms with Crippen molar-refractivity contribution < 1.29 is 14.3 Å². The topological polar surface area (TPSA) is 93.2 Å². The highest BCUT2D eigenvalue weighted by molar-refractivity contribution is 7.18. The SMILES string of the molecule is COc1ccc(-c2nnc(NC(=O)c3ccccc3NC(=O)/C=C/c3ccccc3)s2)cc1. The summed E-state index contributed by atoms with van der Waals surface area (Å²) in [4.78, 5) is 25.2. The van der Waals surface area contributed by atoms with Gasteiger partial charge in [-0.15, -0.1) is 10.2 Å². The fourth-order valence-electron chi connectivity index (χ4n) is 2.99. The van der Waals surface area contributed by atoms with Crippen LogP contribution in [-0.4, -0.2) is 29.1 Å². The minimum atomic E-state index is -0.393. The third-order valence-electron chi connectivity index (χ3n) is 4.64. The van der Waals surface area contributed by atoms with Gasteiger partial charge in [-0.05, 0) is 48.0 Å². The van der Waals surface area contributed by atoms with Crippen LogP contribution in [0, 0.1) is 0 Å². The van der Waals surface area contributed by atoms with E-state index in [2.05, 4.69) is 20.8 Å². The molecule has 2 N–H and O–H groups in total. The van der Waals surface area contributed by atoms with Gasteiger partial charge in [0.05, 0.1) is 18.4 Å². The fraction of sp³-hybridized carbons (Fsp3) is 0.0400. The molecule has 0 radical (unpaired) electrons. The largest absolute Gasteiger partial charge is 0.497 e. The second-order valence-corrected chi connectivity index (χ2v) is 7.85. The molecule has 0 spiro atoms. The van der Waals surface area contributed by atoms with Gasteiger partial charge in [-0.1, -0.05) is 53.8 Å². The van der Waals surface area contributed by atoms with Gasteiger partial charge in [0, 0.05) is 11.6 Å². The smallest absolute Gasteiger partial charge is 0.259 e. The van der Waals surface area contributed by atoms with Crippen molar-refractivity contribution in [2.45, 2.75) is 0 Å². The highest BCUT2D eigenvalue weighted by Gasteiger charge is 2.15. The Labute approximate surface area is 194 Å². The number of amides is 2. The predicted octanol–water partition coefficient (Wildman–Crippen LogP) is 5.12. The van der Waals surface area contributed by atoms with E-state index in [1.165, 1.54) is 17.4 Å².